The Bertz CT molecular complexity index is 2000. The summed E-state index contributed by atoms with van der Waals surface area (Å²) in [6, 6.07) is 12.3. The summed E-state index contributed by atoms with van der Waals surface area (Å²) in [7, 11) is 3.13. The van der Waals surface area contributed by atoms with Gasteiger partial charge in [-0.15, -0.1) is 0 Å². The molecular formula is C34H38N4O6S. The van der Waals surface area contributed by atoms with Crippen molar-refractivity contribution in [1.29, 1.82) is 0 Å². The van der Waals surface area contributed by atoms with Gasteiger partial charge in [0.15, 0.2) is 4.80 Å². The van der Waals surface area contributed by atoms with Crippen LogP contribution in [0.25, 0.3) is 17.0 Å². The minimum atomic E-state index is -0.798. The highest BCUT2D eigenvalue weighted by Gasteiger charge is 2.36. The smallest absolute Gasteiger partial charge is 0.325 e. The van der Waals surface area contributed by atoms with Gasteiger partial charge in [-0.25, -0.2) is 4.99 Å². The fraction of sp³-hybridized carbons (Fsp3) is 0.353. The van der Waals surface area contributed by atoms with Crippen LogP contribution >= 0.6 is 11.3 Å². The third-order valence-corrected chi connectivity index (χ3v) is 9.16. The number of fused-ring (bicyclic) bond motifs is 2. The Kier molecular flexibility index (Phi) is 9.29. The molecule has 5 rings (SSSR count). The molecule has 3 heterocycles. The molecule has 2 aromatic carbocycles. The number of nitrogens with zero attached hydrogens (tertiary/aromatic N) is 4. The minimum Gasteiger partial charge on any atom is -0.497 e. The highest BCUT2D eigenvalue weighted by Crippen LogP contribution is 2.38. The number of methoxy groups -OCH3 is 2. The predicted octanol–water partition coefficient (Wildman–Crippen LogP) is 3.95. The van der Waals surface area contributed by atoms with Gasteiger partial charge < -0.3 is 23.7 Å². The Balaban J connectivity index is 1.78. The molecule has 2 aromatic heterocycles. The number of benzene rings is 2. The van der Waals surface area contributed by atoms with Crippen molar-refractivity contribution >= 4 is 40.2 Å². The van der Waals surface area contributed by atoms with E-state index in [-0.39, 0.29) is 24.0 Å². The third-order valence-electron chi connectivity index (χ3n) is 8.18. The molecule has 11 heteroatoms. The van der Waals surface area contributed by atoms with Gasteiger partial charge in [-0.2, -0.15) is 0 Å². The number of hydrogen-bond donors (Lipinski definition) is 0. The number of carbonyl (C=O) groups excluding carboxylic acids is 2. The zero-order valence-electron chi connectivity index (χ0n) is 26.7. The highest BCUT2D eigenvalue weighted by atomic mass is 32.1. The Labute approximate surface area is 265 Å². The average Bonchev–Trinajstić information content (AvgIpc) is 3.48. The monoisotopic (exact) mass is 630 g/mol. The number of rotatable bonds is 10. The van der Waals surface area contributed by atoms with Crippen molar-refractivity contribution in [2.24, 2.45) is 4.99 Å². The maximum atomic E-state index is 14.4. The molecule has 0 spiro atoms. The summed E-state index contributed by atoms with van der Waals surface area (Å²) in [4.78, 5) is 47.9. The summed E-state index contributed by atoms with van der Waals surface area (Å²) < 4.78 is 20.5. The number of likely N-dealkylation sites (N-methyl/N-ethyl adjacent to an activating group) is 1. The van der Waals surface area contributed by atoms with Crippen LogP contribution in [0.3, 0.4) is 0 Å². The van der Waals surface area contributed by atoms with Gasteiger partial charge in [0.25, 0.3) is 11.5 Å². The van der Waals surface area contributed by atoms with Gasteiger partial charge in [-0.1, -0.05) is 29.5 Å². The van der Waals surface area contributed by atoms with Gasteiger partial charge in [-0.3, -0.25) is 19.0 Å². The van der Waals surface area contributed by atoms with E-state index in [0.29, 0.717) is 57.4 Å². The lowest BCUT2D eigenvalue weighted by Gasteiger charge is -2.30. The summed E-state index contributed by atoms with van der Waals surface area (Å²) in [5, 5.41) is 0.907. The van der Waals surface area contributed by atoms with Crippen LogP contribution in [0.4, 0.5) is 0 Å². The largest absolute Gasteiger partial charge is 0.497 e. The third kappa shape index (κ3) is 5.68. The number of hydrogen-bond acceptors (Lipinski definition) is 8. The quantitative estimate of drug-likeness (QED) is 0.246. The summed E-state index contributed by atoms with van der Waals surface area (Å²) in [6.45, 7) is 10.7. The first kappa shape index (κ1) is 31.8. The number of para-hydroxylation sites is 1. The highest BCUT2D eigenvalue weighted by molar-refractivity contribution is 7.07. The lowest BCUT2D eigenvalue weighted by molar-refractivity contribution is -0.143. The SMILES string of the molecule is CCOC(=O)Cn1c(C)c(/C=c2/sc3n(c2=O)[C@H](c2cc(OC)ccc2OC)C(C(=O)N(CC)CC)=C(C)N=3)c2ccccc21. The number of carbonyl (C=O) groups is 2. The van der Waals surface area contributed by atoms with Gasteiger partial charge in [0.1, 0.15) is 24.1 Å². The van der Waals surface area contributed by atoms with Crippen molar-refractivity contribution in [3.63, 3.8) is 0 Å². The topological polar surface area (TPSA) is 104 Å². The molecule has 10 nitrogen and oxygen atoms in total. The molecule has 1 aliphatic rings. The molecule has 1 atom stereocenters. The van der Waals surface area contributed by atoms with Crippen molar-refractivity contribution in [3.05, 3.63) is 90.2 Å². The molecule has 0 bridgehead atoms. The van der Waals surface area contributed by atoms with E-state index in [1.54, 1.807) is 49.7 Å². The van der Waals surface area contributed by atoms with Gasteiger partial charge >= 0.3 is 5.97 Å². The number of thiazole rings is 1. The first-order chi connectivity index (χ1) is 21.7. The standard InChI is InChI=1S/C34H38N4O6S/c1-8-36(9-2)33(41)30-20(4)35-34-38(31(30)25-17-22(42-6)15-16-27(25)43-7)32(40)28(45-34)18-24-21(5)37(19-29(39)44-10-3)26-14-12-11-13-23(24)26/h11-18,31H,8-10,19H2,1-7H3/b28-18+/t31-/m1/s1. The molecule has 0 saturated carbocycles. The molecular weight excluding hydrogens is 592 g/mol. The fourth-order valence-corrected chi connectivity index (χ4v) is 6.96. The summed E-state index contributed by atoms with van der Waals surface area (Å²) in [6.07, 6.45) is 1.86. The molecule has 45 heavy (non-hydrogen) atoms. The first-order valence-electron chi connectivity index (χ1n) is 15.0. The first-order valence-corrected chi connectivity index (χ1v) is 15.8. The van der Waals surface area contributed by atoms with E-state index < -0.39 is 6.04 Å². The van der Waals surface area contributed by atoms with Crippen LogP contribution in [0.5, 0.6) is 11.5 Å². The second kappa shape index (κ2) is 13.2. The number of amides is 1. The van der Waals surface area contributed by atoms with E-state index >= 15 is 0 Å². The lowest BCUT2D eigenvalue weighted by atomic mass is 9.93. The van der Waals surface area contributed by atoms with Gasteiger partial charge in [0, 0.05) is 40.8 Å². The Morgan fingerprint density at radius 3 is 2.44 bits per heavy atom. The maximum Gasteiger partial charge on any atom is 0.325 e. The van der Waals surface area contributed by atoms with Crippen molar-refractivity contribution in [1.82, 2.24) is 14.0 Å². The molecule has 1 aliphatic heterocycles. The van der Waals surface area contributed by atoms with Gasteiger partial charge in [0.05, 0.1) is 36.6 Å². The van der Waals surface area contributed by atoms with Crippen LogP contribution in [-0.4, -0.2) is 59.8 Å². The van der Waals surface area contributed by atoms with Crippen molar-refractivity contribution in [2.75, 3.05) is 33.9 Å². The van der Waals surface area contributed by atoms with Gasteiger partial charge in [-0.05, 0) is 65.0 Å². The Morgan fingerprint density at radius 1 is 1.04 bits per heavy atom. The Hall–Kier alpha value is -4.64. The number of aromatic nitrogens is 2. The summed E-state index contributed by atoms with van der Waals surface area (Å²) in [5.41, 5.74) is 3.80. The number of ether oxygens (including phenoxy) is 3. The Morgan fingerprint density at radius 2 is 1.78 bits per heavy atom. The van der Waals surface area contributed by atoms with Gasteiger partial charge in [0.2, 0.25) is 0 Å². The molecule has 0 unspecified atom stereocenters. The molecule has 0 aliphatic carbocycles. The molecule has 1 amide bonds. The van der Waals surface area contributed by atoms with Crippen LogP contribution in [0.15, 0.2) is 63.5 Å². The van der Waals surface area contributed by atoms with Crippen LogP contribution in [0.2, 0.25) is 0 Å². The molecule has 0 radical (unpaired) electrons. The summed E-state index contributed by atoms with van der Waals surface area (Å²) >= 11 is 1.26. The zero-order chi connectivity index (χ0) is 32.4. The van der Waals surface area contributed by atoms with E-state index in [2.05, 4.69) is 0 Å². The zero-order valence-corrected chi connectivity index (χ0v) is 27.5. The molecule has 0 fully saturated rings. The molecule has 236 valence electrons. The van der Waals surface area contributed by atoms with Crippen LogP contribution in [0.1, 0.15) is 50.6 Å². The molecule has 4 aromatic rings. The van der Waals surface area contributed by atoms with E-state index in [0.717, 1.165) is 22.2 Å². The van der Waals surface area contributed by atoms with E-state index in [1.165, 1.54) is 11.3 Å². The van der Waals surface area contributed by atoms with E-state index in [9.17, 15) is 14.4 Å². The van der Waals surface area contributed by atoms with Crippen LogP contribution in [-0.2, 0) is 20.9 Å². The van der Waals surface area contributed by atoms with Crippen molar-refractivity contribution < 1.29 is 23.8 Å². The fourth-order valence-electron chi connectivity index (χ4n) is 5.93. The van der Waals surface area contributed by atoms with E-state index in [1.807, 2.05) is 61.7 Å². The number of allylic oxidation sites excluding steroid dienone is 1. The van der Waals surface area contributed by atoms with Crippen LogP contribution in [0, 0.1) is 6.92 Å². The second-order valence-electron chi connectivity index (χ2n) is 10.6. The van der Waals surface area contributed by atoms with Crippen LogP contribution < -0.4 is 24.4 Å². The van der Waals surface area contributed by atoms with Crippen molar-refractivity contribution in [3.8, 4) is 11.5 Å². The summed E-state index contributed by atoms with van der Waals surface area (Å²) in [5.74, 6) is 0.568. The van der Waals surface area contributed by atoms with Crippen molar-refractivity contribution in [2.45, 2.75) is 47.2 Å². The average molecular weight is 631 g/mol. The predicted molar refractivity (Wildman–Crippen MR) is 175 cm³/mol. The maximum absolute atomic E-state index is 14.4. The molecule has 0 saturated heterocycles. The normalized spacial score (nSPS) is 14.7. The van der Waals surface area contributed by atoms with E-state index in [4.69, 9.17) is 19.2 Å². The minimum absolute atomic E-state index is 0.0565. The lowest BCUT2D eigenvalue weighted by Crippen LogP contribution is -2.43. The second-order valence-corrected chi connectivity index (χ2v) is 11.6. The molecule has 0 N–H and O–H groups in total. The number of esters is 1.